The van der Waals surface area contributed by atoms with Crippen LogP contribution in [0, 0.1) is 0 Å². The fraction of sp³-hybridized carbons (Fsp3) is 0.571. The molecule has 24 heavy (non-hydrogen) atoms. The molecule has 0 saturated heterocycles. The largest absolute Gasteiger partial charge is 0.385 e. The molecule has 0 radical (unpaired) electrons. The number of nitrogens with zero attached hydrogens (tertiary/aromatic N) is 1. The van der Waals surface area contributed by atoms with E-state index in [0.29, 0.717) is 25.1 Å². The van der Waals surface area contributed by atoms with Crippen LogP contribution in [-0.2, 0) is 24.8 Å². The minimum atomic E-state index is -3.70. The molecule has 1 aliphatic rings. The van der Waals surface area contributed by atoms with Gasteiger partial charge in [0.25, 0.3) is 10.0 Å². The highest BCUT2D eigenvalue weighted by Crippen LogP contribution is 2.41. The predicted octanol–water partition coefficient (Wildman–Crippen LogP) is 1.36. The summed E-state index contributed by atoms with van der Waals surface area (Å²) in [5.74, 6) is -0.229. The third-order valence-corrected chi connectivity index (χ3v) is 9.28. The molecular formula is C14H22N2O5S3. The number of thiophene rings is 1. The van der Waals surface area contributed by atoms with Gasteiger partial charge in [0.15, 0.2) is 0 Å². The van der Waals surface area contributed by atoms with E-state index in [9.17, 15) is 16.8 Å². The highest BCUT2D eigenvalue weighted by atomic mass is 32.3. The first-order valence-electron chi connectivity index (χ1n) is 7.53. The van der Waals surface area contributed by atoms with Crippen molar-refractivity contribution in [1.29, 1.82) is 0 Å². The van der Waals surface area contributed by atoms with Gasteiger partial charge in [-0.05, 0) is 18.1 Å². The van der Waals surface area contributed by atoms with Crippen LogP contribution in [0.1, 0.15) is 24.8 Å². The molecule has 0 amide bonds. The number of nitrogens with one attached hydrogen (secondary N) is 1. The van der Waals surface area contributed by atoms with Crippen LogP contribution in [0.15, 0.2) is 27.1 Å². The number of ether oxygens (including phenoxy) is 1. The summed E-state index contributed by atoms with van der Waals surface area (Å²) in [7, 11) is -5.84. The normalized spacial score (nSPS) is 20.7. The monoisotopic (exact) mass is 394 g/mol. The van der Waals surface area contributed by atoms with Crippen LogP contribution in [0.3, 0.4) is 0 Å². The molecule has 1 aliphatic heterocycles. The molecule has 1 atom stereocenters. The molecule has 136 valence electrons. The number of methoxy groups -OCH3 is 1. The van der Waals surface area contributed by atoms with Gasteiger partial charge in [-0.15, -0.1) is 17.9 Å². The number of hydrogen-bond acceptors (Lipinski definition) is 6. The van der Waals surface area contributed by atoms with Crippen LogP contribution in [0.5, 0.6) is 0 Å². The maximum absolute atomic E-state index is 12.8. The Kier molecular flexibility index (Phi) is 6.21. The molecule has 7 nitrogen and oxygen atoms in total. The van der Waals surface area contributed by atoms with Gasteiger partial charge in [-0.1, -0.05) is 13.0 Å². The van der Waals surface area contributed by atoms with Gasteiger partial charge in [0.05, 0.1) is 0 Å². The van der Waals surface area contributed by atoms with Crippen molar-refractivity contribution in [2.45, 2.75) is 27.7 Å². The molecule has 1 aromatic rings. The van der Waals surface area contributed by atoms with E-state index < -0.39 is 20.0 Å². The first-order chi connectivity index (χ1) is 11.3. The standard InChI is InChI=1S/C14H22N2O5S3/c1-4-11-10-16(7-6-8-21-3)24(19,20)14-12(11)9-13(22-14)23(17,18)15-5-2/h4,9,11,15H,1,5-8,10H2,2-3H3/t11-/m0/s1. The Hall–Kier alpha value is -0.780. The van der Waals surface area contributed by atoms with E-state index in [-0.39, 0.29) is 27.4 Å². The van der Waals surface area contributed by atoms with Gasteiger partial charge in [-0.3, -0.25) is 0 Å². The van der Waals surface area contributed by atoms with Crippen LogP contribution >= 0.6 is 11.3 Å². The Morgan fingerprint density at radius 1 is 1.54 bits per heavy atom. The Bertz CT molecular complexity index is 798. The van der Waals surface area contributed by atoms with Crippen molar-refractivity contribution < 1.29 is 21.6 Å². The topological polar surface area (TPSA) is 92.8 Å². The fourth-order valence-corrected chi connectivity index (χ4v) is 7.55. The zero-order valence-electron chi connectivity index (χ0n) is 13.7. The van der Waals surface area contributed by atoms with Gasteiger partial charge < -0.3 is 4.74 Å². The van der Waals surface area contributed by atoms with Crippen molar-refractivity contribution in [3.8, 4) is 0 Å². The number of sulfonamides is 2. The summed E-state index contributed by atoms with van der Waals surface area (Å²) in [5.41, 5.74) is 0.509. The molecule has 0 aromatic carbocycles. The lowest BCUT2D eigenvalue weighted by molar-refractivity contribution is 0.186. The zero-order valence-corrected chi connectivity index (χ0v) is 16.1. The van der Waals surface area contributed by atoms with Gasteiger partial charge in [0.1, 0.15) is 8.42 Å². The van der Waals surface area contributed by atoms with E-state index in [4.69, 9.17) is 4.74 Å². The molecule has 0 aliphatic carbocycles. The molecule has 0 unspecified atom stereocenters. The zero-order chi connectivity index (χ0) is 18.0. The lowest BCUT2D eigenvalue weighted by Crippen LogP contribution is -2.39. The van der Waals surface area contributed by atoms with E-state index >= 15 is 0 Å². The summed E-state index contributed by atoms with van der Waals surface area (Å²) in [4.78, 5) is 0. The molecule has 0 bridgehead atoms. The molecule has 0 saturated carbocycles. The summed E-state index contributed by atoms with van der Waals surface area (Å²) in [5, 5.41) is 0. The van der Waals surface area contributed by atoms with Crippen LogP contribution < -0.4 is 4.72 Å². The predicted molar refractivity (Wildman–Crippen MR) is 93.4 cm³/mol. The lowest BCUT2D eigenvalue weighted by atomic mass is 10.0. The third-order valence-electron chi connectivity index (χ3n) is 3.72. The Morgan fingerprint density at radius 2 is 2.25 bits per heavy atom. The van der Waals surface area contributed by atoms with E-state index in [2.05, 4.69) is 11.3 Å². The fourth-order valence-electron chi connectivity index (χ4n) is 2.55. The SMILES string of the molecule is C=C[C@H]1CN(CCCOC)S(=O)(=O)c2sc(S(=O)(=O)NCC)cc21. The average Bonchev–Trinajstić information content (AvgIpc) is 2.97. The molecule has 10 heteroatoms. The summed E-state index contributed by atoms with van der Waals surface area (Å²) in [6, 6.07) is 1.45. The second-order valence-electron chi connectivity index (χ2n) is 5.36. The van der Waals surface area contributed by atoms with Crippen molar-refractivity contribution in [2.75, 3.05) is 33.4 Å². The average molecular weight is 395 g/mol. The van der Waals surface area contributed by atoms with Crippen LogP contribution in [0.2, 0.25) is 0 Å². The Balaban J connectivity index is 2.45. The highest BCUT2D eigenvalue weighted by molar-refractivity contribution is 7.94. The highest BCUT2D eigenvalue weighted by Gasteiger charge is 2.39. The van der Waals surface area contributed by atoms with Crippen LogP contribution in [0.4, 0.5) is 0 Å². The van der Waals surface area contributed by atoms with Crippen molar-refractivity contribution in [2.24, 2.45) is 0 Å². The van der Waals surface area contributed by atoms with Crippen LogP contribution in [0.25, 0.3) is 0 Å². The molecule has 1 aromatic heterocycles. The second-order valence-corrected chi connectivity index (χ2v) is 10.5. The first-order valence-corrected chi connectivity index (χ1v) is 11.3. The lowest BCUT2D eigenvalue weighted by Gasteiger charge is -2.30. The van der Waals surface area contributed by atoms with Crippen LogP contribution in [-0.4, -0.2) is 54.5 Å². The number of fused-ring (bicyclic) bond motifs is 1. The van der Waals surface area contributed by atoms with Gasteiger partial charge in [0.2, 0.25) is 10.0 Å². The second kappa shape index (κ2) is 7.63. The van der Waals surface area contributed by atoms with Crippen molar-refractivity contribution in [3.63, 3.8) is 0 Å². The maximum Gasteiger partial charge on any atom is 0.252 e. The van der Waals surface area contributed by atoms with Gasteiger partial charge >= 0.3 is 0 Å². The summed E-state index contributed by atoms with van der Waals surface area (Å²) in [6.45, 7) is 6.73. The maximum atomic E-state index is 12.8. The van der Waals surface area contributed by atoms with Crippen molar-refractivity contribution >= 4 is 31.4 Å². The van der Waals surface area contributed by atoms with E-state index in [0.717, 1.165) is 11.3 Å². The van der Waals surface area contributed by atoms with E-state index in [1.165, 1.54) is 10.4 Å². The van der Waals surface area contributed by atoms with Gasteiger partial charge in [-0.25, -0.2) is 21.6 Å². The first kappa shape index (κ1) is 19.5. The van der Waals surface area contributed by atoms with Crippen molar-refractivity contribution in [1.82, 2.24) is 9.03 Å². The summed E-state index contributed by atoms with van der Waals surface area (Å²) < 4.78 is 58.9. The summed E-state index contributed by atoms with van der Waals surface area (Å²) >= 11 is 0.792. The Labute approximate surface area is 147 Å². The number of hydrogen-bond donors (Lipinski definition) is 1. The van der Waals surface area contributed by atoms with Crippen molar-refractivity contribution in [3.05, 3.63) is 24.3 Å². The molecule has 0 spiro atoms. The molecular weight excluding hydrogens is 372 g/mol. The third kappa shape index (κ3) is 3.73. The van der Waals surface area contributed by atoms with E-state index in [1.807, 2.05) is 0 Å². The molecule has 1 N–H and O–H groups in total. The smallest absolute Gasteiger partial charge is 0.252 e. The van der Waals surface area contributed by atoms with E-state index in [1.54, 1.807) is 20.1 Å². The quantitative estimate of drug-likeness (QED) is 0.531. The number of rotatable bonds is 8. The molecule has 2 rings (SSSR count). The Morgan fingerprint density at radius 3 is 2.83 bits per heavy atom. The molecule has 2 heterocycles. The molecule has 0 fully saturated rings. The summed E-state index contributed by atoms with van der Waals surface area (Å²) in [6.07, 6.45) is 2.23. The van der Waals surface area contributed by atoms with Gasteiger partial charge in [-0.2, -0.15) is 4.31 Å². The van der Waals surface area contributed by atoms with Gasteiger partial charge in [0, 0.05) is 39.3 Å². The minimum absolute atomic E-state index is 0.0171. The minimum Gasteiger partial charge on any atom is -0.385 e.